The minimum atomic E-state index is -3.12. The topological polar surface area (TPSA) is 76.2 Å². The molecule has 8 heteroatoms. The zero-order valence-corrected chi connectivity index (χ0v) is 15.9. The molecular formula is C17H30N2O5S. The van der Waals surface area contributed by atoms with E-state index < -0.39 is 10.0 Å². The summed E-state index contributed by atoms with van der Waals surface area (Å²) in [6.45, 7) is 5.16. The van der Waals surface area contributed by atoms with Crippen LogP contribution in [-0.2, 0) is 24.3 Å². The monoisotopic (exact) mass is 374 g/mol. The number of rotatable bonds is 5. The molecule has 0 aliphatic carbocycles. The Balaban J connectivity index is 1.49. The predicted molar refractivity (Wildman–Crippen MR) is 93.7 cm³/mol. The van der Waals surface area contributed by atoms with E-state index in [-0.39, 0.29) is 30.0 Å². The number of amides is 1. The van der Waals surface area contributed by atoms with E-state index in [2.05, 4.69) is 0 Å². The van der Waals surface area contributed by atoms with Crippen LogP contribution in [-0.4, -0.2) is 80.4 Å². The number of ether oxygens (including phenoxy) is 2. The maximum atomic E-state index is 12.1. The van der Waals surface area contributed by atoms with E-state index in [1.807, 2.05) is 4.90 Å². The second-order valence-corrected chi connectivity index (χ2v) is 9.60. The number of hydrogen-bond acceptors (Lipinski definition) is 5. The van der Waals surface area contributed by atoms with E-state index >= 15 is 0 Å². The first-order valence-corrected chi connectivity index (χ1v) is 11.1. The minimum absolute atomic E-state index is 0.0228. The Morgan fingerprint density at radius 2 is 1.88 bits per heavy atom. The van der Waals surface area contributed by atoms with Crippen molar-refractivity contribution in [2.75, 3.05) is 45.1 Å². The average molecular weight is 375 g/mol. The highest BCUT2D eigenvalue weighted by Crippen LogP contribution is 2.36. The fraction of sp³-hybridized carbons (Fsp3) is 0.941. The van der Waals surface area contributed by atoms with Gasteiger partial charge in [-0.1, -0.05) is 0 Å². The van der Waals surface area contributed by atoms with E-state index in [1.54, 1.807) is 11.2 Å². The number of nitrogens with zero attached hydrogens (tertiary/aromatic N) is 2. The Kier molecular flexibility index (Phi) is 6.03. The molecule has 1 atom stereocenters. The zero-order chi connectivity index (χ0) is 17.9. The van der Waals surface area contributed by atoms with Gasteiger partial charge in [-0.2, -0.15) is 0 Å². The molecule has 3 fully saturated rings. The molecule has 3 rings (SSSR count). The van der Waals surface area contributed by atoms with Gasteiger partial charge in [0.1, 0.15) is 6.61 Å². The fourth-order valence-electron chi connectivity index (χ4n) is 4.07. The average Bonchev–Trinajstić information content (AvgIpc) is 3.15. The summed E-state index contributed by atoms with van der Waals surface area (Å²) in [6.07, 6.45) is 5.15. The number of carbonyl (C=O) groups excluding carboxylic acids is 1. The second kappa shape index (κ2) is 7.90. The molecule has 3 aliphatic heterocycles. The van der Waals surface area contributed by atoms with Crippen molar-refractivity contribution in [3.8, 4) is 0 Å². The lowest BCUT2D eigenvalue weighted by atomic mass is 9.84. The molecule has 144 valence electrons. The third-order valence-electron chi connectivity index (χ3n) is 5.74. The molecule has 1 spiro atoms. The van der Waals surface area contributed by atoms with Gasteiger partial charge in [-0.15, -0.1) is 0 Å². The molecule has 0 bridgehead atoms. The lowest BCUT2D eigenvalue weighted by Gasteiger charge is -2.45. The van der Waals surface area contributed by atoms with Crippen LogP contribution >= 0.6 is 0 Å². The highest BCUT2D eigenvalue weighted by Gasteiger charge is 2.42. The minimum Gasteiger partial charge on any atom is -0.375 e. The Bertz CT molecular complexity index is 566. The predicted octanol–water partition coefficient (Wildman–Crippen LogP) is 0.989. The van der Waals surface area contributed by atoms with E-state index in [1.165, 1.54) is 0 Å². The van der Waals surface area contributed by atoms with Crippen LogP contribution in [0, 0.1) is 0 Å². The summed E-state index contributed by atoms with van der Waals surface area (Å²) in [5, 5.41) is 0. The maximum Gasteiger partial charge on any atom is 0.248 e. The molecule has 0 radical (unpaired) electrons. The second-order valence-electron chi connectivity index (χ2n) is 7.34. The van der Waals surface area contributed by atoms with Gasteiger partial charge >= 0.3 is 0 Å². The zero-order valence-electron chi connectivity index (χ0n) is 15.1. The molecular weight excluding hydrogens is 344 g/mol. The molecule has 25 heavy (non-hydrogen) atoms. The summed E-state index contributed by atoms with van der Waals surface area (Å²) in [6, 6.07) is 0. The molecule has 0 aromatic carbocycles. The van der Waals surface area contributed by atoms with Gasteiger partial charge in [-0.25, -0.2) is 12.7 Å². The Morgan fingerprint density at radius 1 is 1.20 bits per heavy atom. The summed E-state index contributed by atoms with van der Waals surface area (Å²) in [5.41, 5.74) is -0.292. The van der Waals surface area contributed by atoms with Crippen LogP contribution in [0.5, 0.6) is 0 Å². The van der Waals surface area contributed by atoms with Crippen LogP contribution < -0.4 is 0 Å². The first kappa shape index (κ1) is 19.1. The van der Waals surface area contributed by atoms with Crippen LogP contribution in [0.1, 0.15) is 45.4 Å². The Labute approximate surface area is 150 Å². The summed E-state index contributed by atoms with van der Waals surface area (Å²) < 4.78 is 37.5. The normalized spacial score (nSPS) is 27.7. The van der Waals surface area contributed by atoms with Gasteiger partial charge in [0.25, 0.3) is 0 Å². The third-order valence-corrected chi connectivity index (χ3v) is 7.62. The van der Waals surface area contributed by atoms with Crippen LogP contribution in [0.3, 0.4) is 0 Å². The van der Waals surface area contributed by atoms with E-state index in [9.17, 15) is 13.2 Å². The molecule has 1 amide bonds. The molecule has 0 N–H and O–H groups in total. The molecule has 0 aromatic rings. The third kappa shape index (κ3) is 4.53. The van der Waals surface area contributed by atoms with E-state index in [0.717, 1.165) is 38.8 Å². The number of sulfonamides is 1. The molecule has 0 saturated carbocycles. The van der Waals surface area contributed by atoms with Crippen molar-refractivity contribution in [3.05, 3.63) is 0 Å². The number of piperidine rings is 1. The largest absolute Gasteiger partial charge is 0.375 e. The SMILES string of the molecule is CCS(=O)(=O)N1CCC2(CC1)CC(OCC(=O)N1CCCC1)CCO2. The number of hydrogen-bond donors (Lipinski definition) is 0. The van der Waals surface area contributed by atoms with Gasteiger partial charge in [0.2, 0.25) is 15.9 Å². The quantitative estimate of drug-likeness (QED) is 0.717. The van der Waals surface area contributed by atoms with Gasteiger partial charge in [0.05, 0.1) is 17.5 Å². The molecule has 3 aliphatic rings. The highest BCUT2D eigenvalue weighted by atomic mass is 32.2. The first-order valence-electron chi connectivity index (χ1n) is 9.45. The molecule has 7 nitrogen and oxygen atoms in total. The van der Waals surface area contributed by atoms with Crippen LogP contribution in [0.2, 0.25) is 0 Å². The Hall–Kier alpha value is -0.700. The van der Waals surface area contributed by atoms with Gasteiger partial charge in [0, 0.05) is 39.2 Å². The lowest BCUT2D eigenvalue weighted by molar-refractivity contribution is -0.160. The molecule has 3 heterocycles. The summed E-state index contributed by atoms with van der Waals surface area (Å²) in [5.74, 6) is 0.229. The van der Waals surface area contributed by atoms with Crippen molar-refractivity contribution in [1.29, 1.82) is 0 Å². The highest BCUT2D eigenvalue weighted by molar-refractivity contribution is 7.89. The molecule has 0 aromatic heterocycles. The molecule has 1 unspecified atom stereocenters. The van der Waals surface area contributed by atoms with Crippen molar-refractivity contribution < 1.29 is 22.7 Å². The number of likely N-dealkylation sites (tertiary alicyclic amines) is 1. The van der Waals surface area contributed by atoms with Gasteiger partial charge in [-0.05, 0) is 39.0 Å². The van der Waals surface area contributed by atoms with Gasteiger partial charge in [0.15, 0.2) is 0 Å². The van der Waals surface area contributed by atoms with Crippen molar-refractivity contribution in [2.24, 2.45) is 0 Å². The summed E-state index contributed by atoms with van der Waals surface area (Å²) in [4.78, 5) is 14.0. The Morgan fingerprint density at radius 3 is 2.52 bits per heavy atom. The summed E-state index contributed by atoms with van der Waals surface area (Å²) >= 11 is 0. The van der Waals surface area contributed by atoms with Crippen molar-refractivity contribution in [3.63, 3.8) is 0 Å². The number of carbonyl (C=O) groups is 1. The maximum absolute atomic E-state index is 12.1. The molecule has 3 saturated heterocycles. The van der Waals surface area contributed by atoms with Gasteiger partial charge < -0.3 is 14.4 Å². The van der Waals surface area contributed by atoms with E-state index in [4.69, 9.17) is 9.47 Å². The van der Waals surface area contributed by atoms with Crippen molar-refractivity contribution in [2.45, 2.75) is 57.2 Å². The van der Waals surface area contributed by atoms with Crippen molar-refractivity contribution in [1.82, 2.24) is 9.21 Å². The van der Waals surface area contributed by atoms with Crippen LogP contribution in [0.15, 0.2) is 0 Å². The standard InChI is InChI=1S/C17H30N2O5S/c1-2-25(21,22)19-10-6-17(7-11-19)13-15(5-12-24-17)23-14-16(20)18-8-3-4-9-18/h15H,2-14H2,1H3. The smallest absolute Gasteiger partial charge is 0.248 e. The van der Waals surface area contributed by atoms with E-state index in [0.29, 0.717) is 32.5 Å². The first-order chi connectivity index (χ1) is 11.9. The summed E-state index contributed by atoms with van der Waals surface area (Å²) in [7, 11) is -3.12. The van der Waals surface area contributed by atoms with Crippen molar-refractivity contribution >= 4 is 15.9 Å². The van der Waals surface area contributed by atoms with Crippen LogP contribution in [0.4, 0.5) is 0 Å². The fourth-order valence-corrected chi connectivity index (χ4v) is 5.18. The van der Waals surface area contributed by atoms with Crippen LogP contribution in [0.25, 0.3) is 0 Å². The lowest BCUT2D eigenvalue weighted by Crippen LogP contribution is -2.52. The van der Waals surface area contributed by atoms with Gasteiger partial charge in [-0.3, -0.25) is 4.79 Å².